The molecule has 0 atom stereocenters. The predicted molar refractivity (Wildman–Crippen MR) is 69.0 cm³/mol. The highest BCUT2D eigenvalue weighted by molar-refractivity contribution is 6.31. The lowest BCUT2D eigenvalue weighted by Crippen LogP contribution is -2.07. The molecule has 0 bridgehead atoms. The van der Waals surface area contributed by atoms with Gasteiger partial charge in [-0.1, -0.05) is 17.7 Å². The van der Waals surface area contributed by atoms with Gasteiger partial charge in [0.15, 0.2) is 0 Å². The number of rotatable bonds is 2. The van der Waals surface area contributed by atoms with Crippen LogP contribution in [-0.4, -0.2) is 10.9 Å². The third-order valence-corrected chi connectivity index (χ3v) is 2.47. The molecule has 17 heavy (non-hydrogen) atoms. The van der Waals surface area contributed by atoms with Gasteiger partial charge < -0.3 is 5.32 Å². The molecular formula is C13H11ClN2O. The van der Waals surface area contributed by atoms with Gasteiger partial charge in [0, 0.05) is 23.7 Å². The number of carbonyl (C=O) groups is 1. The summed E-state index contributed by atoms with van der Waals surface area (Å²) in [7, 11) is 0. The summed E-state index contributed by atoms with van der Waals surface area (Å²) in [5.41, 5.74) is 2.32. The van der Waals surface area contributed by atoms with Crippen LogP contribution in [0.25, 0.3) is 11.3 Å². The molecule has 0 unspecified atom stereocenters. The Morgan fingerprint density at radius 1 is 1.29 bits per heavy atom. The van der Waals surface area contributed by atoms with E-state index in [9.17, 15) is 4.79 Å². The lowest BCUT2D eigenvalue weighted by Gasteiger charge is -2.09. The highest BCUT2D eigenvalue weighted by Crippen LogP contribution is 2.29. The number of aromatic nitrogens is 1. The predicted octanol–water partition coefficient (Wildman–Crippen LogP) is 3.36. The van der Waals surface area contributed by atoms with E-state index in [1.807, 2.05) is 24.3 Å². The normalized spacial score (nSPS) is 10.0. The first-order valence-corrected chi connectivity index (χ1v) is 5.53. The molecule has 0 saturated carbocycles. The number of benzene rings is 1. The third-order valence-electron chi connectivity index (χ3n) is 2.23. The number of hydrogen-bond donors (Lipinski definition) is 1. The molecular weight excluding hydrogens is 236 g/mol. The first-order valence-electron chi connectivity index (χ1n) is 5.15. The Labute approximate surface area is 104 Å². The quantitative estimate of drug-likeness (QED) is 0.883. The van der Waals surface area contributed by atoms with E-state index in [1.54, 1.807) is 18.3 Å². The van der Waals surface area contributed by atoms with Crippen molar-refractivity contribution < 1.29 is 4.79 Å². The molecule has 0 aliphatic heterocycles. The largest absolute Gasteiger partial charge is 0.326 e. The molecule has 4 heteroatoms. The van der Waals surface area contributed by atoms with E-state index in [2.05, 4.69) is 10.3 Å². The Morgan fingerprint density at radius 2 is 2.12 bits per heavy atom. The Morgan fingerprint density at radius 3 is 2.76 bits per heavy atom. The van der Waals surface area contributed by atoms with Crippen LogP contribution >= 0.6 is 11.6 Å². The molecule has 86 valence electrons. The summed E-state index contributed by atoms with van der Waals surface area (Å²) >= 11 is 5.92. The number of nitrogens with zero attached hydrogens (tertiary/aromatic N) is 1. The fraction of sp³-hybridized carbons (Fsp3) is 0.0769. The number of hydrogen-bond acceptors (Lipinski definition) is 2. The van der Waals surface area contributed by atoms with Crippen LogP contribution in [-0.2, 0) is 4.79 Å². The molecule has 1 heterocycles. The van der Waals surface area contributed by atoms with Crippen molar-refractivity contribution in [1.29, 1.82) is 0 Å². The second-order valence-corrected chi connectivity index (χ2v) is 4.02. The second kappa shape index (κ2) is 4.97. The monoisotopic (exact) mass is 246 g/mol. The molecule has 1 aromatic heterocycles. The van der Waals surface area contributed by atoms with Crippen molar-refractivity contribution in [2.45, 2.75) is 6.92 Å². The lowest BCUT2D eigenvalue weighted by molar-refractivity contribution is -0.114. The lowest BCUT2D eigenvalue weighted by atomic mass is 10.1. The van der Waals surface area contributed by atoms with Gasteiger partial charge in [0.2, 0.25) is 5.91 Å². The molecule has 0 fully saturated rings. The molecule has 0 radical (unpaired) electrons. The summed E-state index contributed by atoms with van der Waals surface area (Å²) < 4.78 is 0. The Balaban J connectivity index is 2.50. The van der Waals surface area contributed by atoms with Crippen LogP contribution in [0.2, 0.25) is 5.02 Å². The van der Waals surface area contributed by atoms with Gasteiger partial charge >= 0.3 is 0 Å². The van der Waals surface area contributed by atoms with E-state index in [0.29, 0.717) is 10.7 Å². The van der Waals surface area contributed by atoms with E-state index >= 15 is 0 Å². The molecule has 0 saturated heterocycles. The van der Waals surface area contributed by atoms with Crippen LogP contribution in [0.15, 0.2) is 42.6 Å². The van der Waals surface area contributed by atoms with Crippen LogP contribution in [0.5, 0.6) is 0 Å². The van der Waals surface area contributed by atoms with Crippen molar-refractivity contribution in [1.82, 2.24) is 4.98 Å². The standard InChI is InChI=1S/C13H11ClN2O/c1-9(17)16-13-8-10(14)5-6-11(13)12-4-2-3-7-15-12/h2-8H,1H3,(H,16,17). The Hall–Kier alpha value is -1.87. The molecule has 0 aliphatic carbocycles. The molecule has 0 spiro atoms. The van der Waals surface area contributed by atoms with Gasteiger partial charge in [0.05, 0.1) is 11.4 Å². The SMILES string of the molecule is CC(=O)Nc1cc(Cl)ccc1-c1ccccn1. The number of nitrogens with one attached hydrogen (secondary N) is 1. The van der Waals surface area contributed by atoms with Crippen LogP contribution < -0.4 is 5.32 Å². The van der Waals surface area contributed by atoms with Gasteiger partial charge in [0.1, 0.15) is 0 Å². The minimum absolute atomic E-state index is 0.135. The average Bonchev–Trinajstić information content (AvgIpc) is 2.29. The smallest absolute Gasteiger partial charge is 0.221 e. The molecule has 1 N–H and O–H groups in total. The van der Waals surface area contributed by atoms with Crippen LogP contribution in [0.4, 0.5) is 5.69 Å². The minimum atomic E-state index is -0.135. The third kappa shape index (κ3) is 2.82. The molecule has 2 aromatic rings. The van der Waals surface area contributed by atoms with Gasteiger partial charge in [-0.25, -0.2) is 0 Å². The molecule has 3 nitrogen and oxygen atoms in total. The zero-order valence-electron chi connectivity index (χ0n) is 9.27. The summed E-state index contributed by atoms with van der Waals surface area (Å²) in [6.07, 6.45) is 1.71. The van der Waals surface area contributed by atoms with E-state index in [0.717, 1.165) is 11.3 Å². The summed E-state index contributed by atoms with van der Waals surface area (Å²) in [4.78, 5) is 15.4. The first-order chi connectivity index (χ1) is 8.16. The number of halogens is 1. The maximum atomic E-state index is 11.1. The maximum absolute atomic E-state index is 11.1. The zero-order valence-corrected chi connectivity index (χ0v) is 10.0. The van der Waals surface area contributed by atoms with Crippen LogP contribution in [0, 0.1) is 0 Å². The van der Waals surface area contributed by atoms with Gasteiger partial charge in [-0.3, -0.25) is 9.78 Å². The molecule has 2 rings (SSSR count). The zero-order chi connectivity index (χ0) is 12.3. The van der Waals surface area contributed by atoms with Crippen molar-refractivity contribution in [2.24, 2.45) is 0 Å². The van der Waals surface area contributed by atoms with Crippen molar-refractivity contribution in [3.8, 4) is 11.3 Å². The van der Waals surface area contributed by atoms with Crippen molar-refractivity contribution in [3.63, 3.8) is 0 Å². The van der Waals surface area contributed by atoms with Gasteiger partial charge in [-0.2, -0.15) is 0 Å². The van der Waals surface area contributed by atoms with Gasteiger partial charge in [-0.15, -0.1) is 0 Å². The number of carbonyl (C=O) groups excluding carboxylic acids is 1. The van der Waals surface area contributed by atoms with Crippen molar-refractivity contribution in [2.75, 3.05) is 5.32 Å². The molecule has 0 aliphatic rings. The number of pyridine rings is 1. The topological polar surface area (TPSA) is 42.0 Å². The van der Waals surface area contributed by atoms with Crippen LogP contribution in [0.3, 0.4) is 0 Å². The van der Waals surface area contributed by atoms with Gasteiger partial charge in [0.25, 0.3) is 0 Å². The van der Waals surface area contributed by atoms with Crippen molar-refractivity contribution in [3.05, 3.63) is 47.6 Å². The highest BCUT2D eigenvalue weighted by atomic mass is 35.5. The number of amides is 1. The fourth-order valence-corrected chi connectivity index (χ4v) is 1.73. The maximum Gasteiger partial charge on any atom is 0.221 e. The first kappa shape index (κ1) is 11.6. The summed E-state index contributed by atoms with van der Waals surface area (Å²) in [6.45, 7) is 1.46. The van der Waals surface area contributed by atoms with E-state index in [-0.39, 0.29) is 5.91 Å². The minimum Gasteiger partial charge on any atom is -0.326 e. The highest BCUT2D eigenvalue weighted by Gasteiger charge is 2.07. The summed E-state index contributed by atoms with van der Waals surface area (Å²) in [6, 6.07) is 11.0. The Bertz CT molecular complexity index is 540. The van der Waals surface area contributed by atoms with Gasteiger partial charge in [-0.05, 0) is 30.3 Å². The van der Waals surface area contributed by atoms with Crippen molar-refractivity contribution >= 4 is 23.2 Å². The molecule has 1 amide bonds. The van der Waals surface area contributed by atoms with Crippen LogP contribution in [0.1, 0.15) is 6.92 Å². The Kier molecular flexibility index (Phi) is 3.40. The van der Waals surface area contributed by atoms with E-state index in [4.69, 9.17) is 11.6 Å². The molecule has 1 aromatic carbocycles. The second-order valence-electron chi connectivity index (χ2n) is 3.59. The number of anilines is 1. The summed E-state index contributed by atoms with van der Waals surface area (Å²) in [5.74, 6) is -0.135. The summed E-state index contributed by atoms with van der Waals surface area (Å²) in [5, 5.41) is 3.33. The van der Waals surface area contributed by atoms with E-state index in [1.165, 1.54) is 6.92 Å². The average molecular weight is 247 g/mol. The van der Waals surface area contributed by atoms with E-state index < -0.39 is 0 Å². The fourth-order valence-electron chi connectivity index (χ4n) is 1.55.